The fraction of sp³-hybridized carbons (Fsp3) is 0.429. The van der Waals surface area contributed by atoms with Gasteiger partial charge >= 0.3 is 0 Å². The van der Waals surface area contributed by atoms with Crippen LogP contribution in [0.4, 0.5) is 0 Å². The third-order valence-electron chi connectivity index (χ3n) is 2.67. The average Bonchev–Trinajstić information content (AvgIpc) is 2.34. The zero-order valence-electron chi connectivity index (χ0n) is 9.89. The first-order valence-electron chi connectivity index (χ1n) is 5.72. The molecule has 0 aliphatic carbocycles. The van der Waals surface area contributed by atoms with Crippen LogP contribution in [0.2, 0.25) is 0 Å². The molecule has 0 spiro atoms. The SMILES string of the molecule is C#CC(C)N(CCCN)Cc1ccccc1. The van der Waals surface area contributed by atoms with Crippen molar-refractivity contribution in [2.45, 2.75) is 25.9 Å². The molecule has 86 valence electrons. The van der Waals surface area contributed by atoms with E-state index in [9.17, 15) is 0 Å². The van der Waals surface area contributed by atoms with E-state index < -0.39 is 0 Å². The summed E-state index contributed by atoms with van der Waals surface area (Å²) in [7, 11) is 0. The summed E-state index contributed by atoms with van der Waals surface area (Å²) in [5, 5.41) is 0. The molecule has 1 aromatic rings. The number of benzene rings is 1. The topological polar surface area (TPSA) is 29.3 Å². The second-order valence-electron chi connectivity index (χ2n) is 3.94. The summed E-state index contributed by atoms with van der Waals surface area (Å²) in [5.74, 6) is 2.78. The van der Waals surface area contributed by atoms with Crippen molar-refractivity contribution >= 4 is 0 Å². The largest absolute Gasteiger partial charge is 0.330 e. The van der Waals surface area contributed by atoms with Crippen LogP contribution in [-0.2, 0) is 6.54 Å². The Kier molecular flexibility index (Phi) is 5.63. The molecule has 0 aliphatic rings. The molecule has 0 radical (unpaired) electrons. The predicted molar refractivity (Wildman–Crippen MR) is 68.8 cm³/mol. The Balaban J connectivity index is 2.60. The molecule has 0 aromatic heterocycles. The number of hydrogen-bond acceptors (Lipinski definition) is 2. The Morgan fingerprint density at radius 3 is 2.62 bits per heavy atom. The predicted octanol–water partition coefficient (Wildman–Crippen LogP) is 1.86. The highest BCUT2D eigenvalue weighted by atomic mass is 15.1. The second-order valence-corrected chi connectivity index (χ2v) is 3.94. The maximum absolute atomic E-state index is 5.53. The van der Waals surface area contributed by atoms with Crippen LogP contribution >= 0.6 is 0 Å². The number of nitrogens with zero attached hydrogens (tertiary/aromatic N) is 1. The van der Waals surface area contributed by atoms with Crippen LogP contribution in [0.1, 0.15) is 18.9 Å². The number of hydrogen-bond donors (Lipinski definition) is 1. The zero-order chi connectivity index (χ0) is 11.8. The van der Waals surface area contributed by atoms with Crippen molar-refractivity contribution in [3.63, 3.8) is 0 Å². The highest BCUT2D eigenvalue weighted by Gasteiger charge is 2.10. The molecule has 0 heterocycles. The Labute approximate surface area is 98.4 Å². The first kappa shape index (κ1) is 12.8. The molecular formula is C14H20N2. The monoisotopic (exact) mass is 216 g/mol. The van der Waals surface area contributed by atoms with E-state index in [1.54, 1.807) is 0 Å². The molecule has 2 heteroatoms. The van der Waals surface area contributed by atoms with E-state index in [1.807, 2.05) is 6.07 Å². The van der Waals surface area contributed by atoms with Gasteiger partial charge in [-0.2, -0.15) is 0 Å². The number of rotatable bonds is 6. The van der Waals surface area contributed by atoms with E-state index >= 15 is 0 Å². The van der Waals surface area contributed by atoms with Gasteiger partial charge in [0.1, 0.15) is 0 Å². The molecule has 0 aliphatic heterocycles. The summed E-state index contributed by atoms with van der Waals surface area (Å²) in [4.78, 5) is 2.28. The van der Waals surface area contributed by atoms with Crippen molar-refractivity contribution in [2.24, 2.45) is 5.73 Å². The van der Waals surface area contributed by atoms with Crippen LogP contribution in [0.15, 0.2) is 30.3 Å². The van der Waals surface area contributed by atoms with Gasteiger partial charge in [-0.1, -0.05) is 36.3 Å². The van der Waals surface area contributed by atoms with E-state index in [2.05, 4.69) is 42.0 Å². The van der Waals surface area contributed by atoms with Crippen LogP contribution in [0.3, 0.4) is 0 Å². The van der Waals surface area contributed by atoms with Crippen LogP contribution in [0.5, 0.6) is 0 Å². The van der Waals surface area contributed by atoms with Gasteiger partial charge in [-0.25, -0.2) is 0 Å². The normalized spacial score (nSPS) is 12.4. The summed E-state index contributed by atoms with van der Waals surface area (Å²) in [6.07, 6.45) is 6.46. The lowest BCUT2D eigenvalue weighted by Crippen LogP contribution is -2.33. The lowest BCUT2D eigenvalue weighted by atomic mass is 10.1. The highest BCUT2D eigenvalue weighted by molar-refractivity contribution is 5.15. The summed E-state index contributed by atoms with van der Waals surface area (Å²) < 4.78 is 0. The van der Waals surface area contributed by atoms with E-state index in [-0.39, 0.29) is 6.04 Å². The van der Waals surface area contributed by atoms with Crippen LogP contribution in [0.25, 0.3) is 0 Å². The maximum Gasteiger partial charge on any atom is 0.0686 e. The van der Waals surface area contributed by atoms with Gasteiger partial charge < -0.3 is 5.73 Å². The molecule has 0 amide bonds. The van der Waals surface area contributed by atoms with E-state index in [0.717, 1.165) is 19.5 Å². The number of nitrogens with two attached hydrogens (primary N) is 1. The summed E-state index contributed by atoms with van der Waals surface area (Å²) in [6, 6.07) is 10.5. The Hall–Kier alpha value is -1.30. The van der Waals surface area contributed by atoms with Crippen LogP contribution in [-0.4, -0.2) is 24.0 Å². The van der Waals surface area contributed by atoms with Gasteiger partial charge in [0.15, 0.2) is 0 Å². The molecular weight excluding hydrogens is 196 g/mol. The second kappa shape index (κ2) is 7.05. The fourth-order valence-electron chi connectivity index (χ4n) is 1.63. The first-order chi connectivity index (χ1) is 7.77. The van der Waals surface area contributed by atoms with Crippen molar-refractivity contribution in [2.75, 3.05) is 13.1 Å². The molecule has 2 nitrogen and oxygen atoms in total. The molecule has 2 N–H and O–H groups in total. The van der Waals surface area contributed by atoms with E-state index in [4.69, 9.17) is 12.2 Å². The number of terminal acetylenes is 1. The molecule has 0 saturated heterocycles. The fourth-order valence-corrected chi connectivity index (χ4v) is 1.63. The van der Waals surface area contributed by atoms with Gasteiger partial charge in [0.2, 0.25) is 0 Å². The average molecular weight is 216 g/mol. The van der Waals surface area contributed by atoms with Gasteiger partial charge in [-0.3, -0.25) is 4.90 Å². The van der Waals surface area contributed by atoms with Crippen LogP contribution < -0.4 is 5.73 Å². The third kappa shape index (κ3) is 4.06. The molecule has 1 rings (SSSR count). The molecule has 1 atom stereocenters. The van der Waals surface area contributed by atoms with Crippen molar-refractivity contribution < 1.29 is 0 Å². The van der Waals surface area contributed by atoms with Gasteiger partial charge in [-0.15, -0.1) is 6.42 Å². The lowest BCUT2D eigenvalue weighted by Gasteiger charge is -2.25. The van der Waals surface area contributed by atoms with Gasteiger partial charge in [0.25, 0.3) is 0 Å². The smallest absolute Gasteiger partial charge is 0.0686 e. The molecule has 0 bridgehead atoms. The standard InChI is InChI=1S/C14H20N2/c1-3-13(2)16(11-7-10-15)12-14-8-5-4-6-9-14/h1,4-6,8-9,13H,7,10-12,15H2,2H3. The Morgan fingerprint density at radius 2 is 2.06 bits per heavy atom. The first-order valence-corrected chi connectivity index (χ1v) is 5.72. The van der Waals surface area contributed by atoms with E-state index in [1.165, 1.54) is 5.56 Å². The quantitative estimate of drug-likeness (QED) is 0.735. The van der Waals surface area contributed by atoms with Gasteiger partial charge in [0.05, 0.1) is 6.04 Å². The Morgan fingerprint density at radius 1 is 1.38 bits per heavy atom. The zero-order valence-corrected chi connectivity index (χ0v) is 9.89. The molecule has 1 aromatic carbocycles. The van der Waals surface area contributed by atoms with Crippen molar-refractivity contribution in [1.82, 2.24) is 4.90 Å². The minimum Gasteiger partial charge on any atom is -0.330 e. The van der Waals surface area contributed by atoms with E-state index in [0.29, 0.717) is 6.54 Å². The third-order valence-corrected chi connectivity index (χ3v) is 2.67. The molecule has 0 saturated carbocycles. The van der Waals surface area contributed by atoms with Gasteiger partial charge in [-0.05, 0) is 25.5 Å². The molecule has 0 fully saturated rings. The summed E-state index contributed by atoms with van der Waals surface area (Å²) in [6.45, 7) is 4.62. The summed E-state index contributed by atoms with van der Waals surface area (Å²) >= 11 is 0. The Bertz CT molecular complexity index is 326. The minimum absolute atomic E-state index is 0.159. The molecule has 1 unspecified atom stereocenters. The highest BCUT2D eigenvalue weighted by Crippen LogP contribution is 2.08. The molecule has 16 heavy (non-hydrogen) atoms. The van der Waals surface area contributed by atoms with Crippen LogP contribution in [0, 0.1) is 12.3 Å². The van der Waals surface area contributed by atoms with Crippen molar-refractivity contribution in [1.29, 1.82) is 0 Å². The summed E-state index contributed by atoms with van der Waals surface area (Å²) in [5.41, 5.74) is 6.83. The van der Waals surface area contributed by atoms with Gasteiger partial charge in [0, 0.05) is 13.1 Å². The minimum atomic E-state index is 0.159. The maximum atomic E-state index is 5.53. The van der Waals surface area contributed by atoms with Crippen molar-refractivity contribution in [3.8, 4) is 12.3 Å². The van der Waals surface area contributed by atoms with Crippen molar-refractivity contribution in [3.05, 3.63) is 35.9 Å². The lowest BCUT2D eigenvalue weighted by molar-refractivity contribution is 0.237.